The summed E-state index contributed by atoms with van der Waals surface area (Å²) in [5.41, 5.74) is 0.148. The fourth-order valence-corrected chi connectivity index (χ4v) is 2.24. The molecule has 1 aromatic rings. The number of ether oxygens (including phenoxy) is 1. The molecular weight excluding hydrogens is 242 g/mol. The number of benzene rings is 1. The van der Waals surface area contributed by atoms with Crippen LogP contribution in [0, 0.1) is 0 Å². The molecular formula is C15H23NO3. The van der Waals surface area contributed by atoms with Crippen molar-refractivity contribution in [2.75, 3.05) is 13.2 Å². The van der Waals surface area contributed by atoms with Crippen LogP contribution in [0.15, 0.2) is 24.3 Å². The van der Waals surface area contributed by atoms with E-state index >= 15 is 0 Å². The van der Waals surface area contributed by atoms with Crippen LogP contribution >= 0.6 is 0 Å². The van der Waals surface area contributed by atoms with Gasteiger partial charge in [0.1, 0.15) is 18.9 Å². The van der Waals surface area contributed by atoms with E-state index in [1.54, 1.807) is 12.1 Å². The molecule has 0 saturated carbocycles. The van der Waals surface area contributed by atoms with Crippen molar-refractivity contribution in [3.8, 4) is 5.75 Å². The second-order valence-corrected chi connectivity index (χ2v) is 5.30. The zero-order valence-electron chi connectivity index (χ0n) is 12.1. The Bertz CT molecular complexity index is 408. The number of carbonyl (C=O) groups is 1. The first kappa shape index (κ1) is 15.5. The number of carboxylic acid groups (broad SMARTS) is 1. The van der Waals surface area contributed by atoms with Gasteiger partial charge >= 0.3 is 0 Å². The molecule has 0 heterocycles. The summed E-state index contributed by atoms with van der Waals surface area (Å²) in [4.78, 5) is 12.2. The van der Waals surface area contributed by atoms with Crippen molar-refractivity contribution in [2.45, 2.75) is 39.8 Å². The molecule has 4 heteroatoms. The number of carboxylic acids is 1. The highest BCUT2D eigenvalue weighted by Gasteiger charge is 2.16. The van der Waals surface area contributed by atoms with Crippen molar-refractivity contribution in [1.82, 2.24) is 0 Å². The SMILES string of the molecule is CC(C)[NH+](CCOc1cccc(C(=O)[O-])c1)C(C)C. The Labute approximate surface area is 115 Å². The standard InChI is InChI=1S/C15H23NO3/c1-11(2)16(12(3)4)8-9-19-14-7-5-6-13(10-14)15(17)18/h5-7,10-12H,8-9H2,1-4H3,(H,17,18). The van der Waals surface area contributed by atoms with Gasteiger partial charge in [-0.15, -0.1) is 0 Å². The van der Waals surface area contributed by atoms with Crippen LogP contribution in [0.2, 0.25) is 0 Å². The van der Waals surface area contributed by atoms with Gasteiger partial charge in [-0.2, -0.15) is 0 Å². The van der Waals surface area contributed by atoms with Gasteiger partial charge in [-0.1, -0.05) is 12.1 Å². The topological polar surface area (TPSA) is 53.8 Å². The van der Waals surface area contributed by atoms with Gasteiger partial charge in [-0.25, -0.2) is 0 Å². The number of nitrogens with one attached hydrogen (secondary N) is 1. The molecule has 106 valence electrons. The Morgan fingerprint density at radius 2 is 1.89 bits per heavy atom. The average Bonchev–Trinajstić information content (AvgIpc) is 2.34. The molecule has 19 heavy (non-hydrogen) atoms. The molecule has 1 rings (SSSR count). The lowest BCUT2D eigenvalue weighted by Crippen LogP contribution is -3.18. The summed E-state index contributed by atoms with van der Waals surface area (Å²) in [6, 6.07) is 7.51. The molecule has 0 saturated heterocycles. The molecule has 0 aliphatic carbocycles. The number of quaternary nitrogens is 1. The van der Waals surface area contributed by atoms with E-state index in [0.29, 0.717) is 24.4 Å². The van der Waals surface area contributed by atoms with Crippen LogP contribution in [-0.2, 0) is 0 Å². The minimum absolute atomic E-state index is 0.148. The molecule has 1 aromatic carbocycles. The van der Waals surface area contributed by atoms with Gasteiger partial charge in [0.05, 0.1) is 18.1 Å². The Morgan fingerprint density at radius 3 is 2.42 bits per heavy atom. The lowest BCUT2D eigenvalue weighted by Gasteiger charge is -2.27. The maximum absolute atomic E-state index is 10.7. The summed E-state index contributed by atoms with van der Waals surface area (Å²) in [5.74, 6) is -0.601. The monoisotopic (exact) mass is 265 g/mol. The Hall–Kier alpha value is -1.55. The third-order valence-corrected chi connectivity index (χ3v) is 3.21. The first-order valence-corrected chi connectivity index (χ1v) is 6.71. The van der Waals surface area contributed by atoms with E-state index in [-0.39, 0.29) is 5.56 Å². The number of carbonyl (C=O) groups excluding carboxylic acids is 1. The zero-order chi connectivity index (χ0) is 14.4. The van der Waals surface area contributed by atoms with E-state index in [1.165, 1.54) is 17.0 Å². The van der Waals surface area contributed by atoms with Gasteiger partial charge in [0.15, 0.2) is 0 Å². The van der Waals surface area contributed by atoms with Crippen LogP contribution < -0.4 is 14.7 Å². The van der Waals surface area contributed by atoms with E-state index in [2.05, 4.69) is 27.7 Å². The molecule has 1 N–H and O–H groups in total. The third kappa shape index (κ3) is 4.91. The zero-order valence-corrected chi connectivity index (χ0v) is 12.1. The molecule has 0 unspecified atom stereocenters. The number of hydrogen-bond donors (Lipinski definition) is 1. The molecule has 0 aromatic heterocycles. The van der Waals surface area contributed by atoms with Gasteiger partial charge < -0.3 is 19.5 Å². The molecule has 0 atom stereocenters. The summed E-state index contributed by atoms with van der Waals surface area (Å²) in [6.07, 6.45) is 0. The van der Waals surface area contributed by atoms with Crippen molar-refractivity contribution >= 4 is 5.97 Å². The fraction of sp³-hybridized carbons (Fsp3) is 0.533. The summed E-state index contributed by atoms with van der Waals surface area (Å²) in [5, 5.41) is 10.7. The molecule has 0 aliphatic rings. The molecule has 0 fully saturated rings. The number of hydrogen-bond acceptors (Lipinski definition) is 3. The Morgan fingerprint density at radius 1 is 1.26 bits per heavy atom. The second kappa shape index (κ2) is 7.14. The van der Waals surface area contributed by atoms with Crippen LogP contribution in [0.25, 0.3) is 0 Å². The number of aromatic carboxylic acids is 1. The summed E-state index contributed by atoms with van der Waals surface area (Å²) in [7, 11) is 0. The first-order valence-electron chi connectivity index (χ1n) is 6.71. The highest BCUT2D eigenvalue weighted by molar-refractivity contribution is 5.86. The minimum atomic E-state index is -1.18. The van der Waals surface area contributed by atoms with Crippen molar-refractivity contribution in [2.24, 2.45) is 0 Å². The molecule has 0 bridgehead atoms. The van der Waals surface area contributed by atoms with Crippen LogP contribution in [0.4, 0.5) is 0 Å². The van der Waals surface area contributed by atoms with Crippen molar-refractivity contribution < 1.29 is 19.5 Å². The highest BCUT2D eigenvalue weighted by atomic mass is 16.5. The van der Waals surface area contributed by atoms with Gasteiger partial charge in [-0.3, -0.25) is 0 Å². The molecule has 0 radical (unpaired) electrons. The van der Waals surface area contributed by atoms with Gasteiger partial charge in [0, 0.05) is 5.56 Å². The van der Waals surface area contributed by atoms with E-state index in [0.717, 1.165) is 6.54 Å². The molecule has 0 aliphatic heterocycles. The maximum atomic E-state index is 10.7. The van der Waals surface area contributed by atoms with E-state index < -0.39 is 5.97 Å². The quantitative estimate of drug-likeness (QED) is 0.762. The summed E-state index contributed by atoms with van der Waals surface area (Å²) < 4.78 is 5.62. The fourth-order valence-electron chi connectivity index (χ4n) is 2.24. The van der Waals surface area contributed by atoms with Crippen LogP contribution in [-0.4, -0.2) is 31.2 Å². The van der Waals surface area contributed by atoms with Crippen LogP contribution in [0.3, 0.4) is 0 Å². The van der Waals surface area contributed by atoms with Gasteiger partial charge in [-0.05, 0) is 39.8 Å². The van der Waals surface area contributed by atoms with E-state index in [4.69, 9.17) is 4.74 Å². The first-order chi connectivity index (χ1) is 8.91. The largest absolute Gasteiger partial charge is 0.545 e. The Kier molecular flexibility index (Phi) is 5.83. The van der Waals surface area contributed by atoms with Gasteiger partial charge in [0.2, 0.25) is 0 Å². The lowest BCUT2D eigenvalue weighted by molar-refractivity contribution is -0.942. The lowest BCUT2D eigenvalue weighted by atomic mass is 10.2. The summed E-state index contributed by atoms with van der Waals surface area (Å²) >= 11 is 0. The molecule has 4 nitrogen and oxygen atoms in total. The smallest absolute Gasteiger partial charge is 0.137 e. The average molecular weight is 265 g/mol. The van der Waals surface area contributed by atoms with Crippen LogP contribution in [0.1, 0.15) is 38.1 Å². The molecule has 0 spiro atoms. The van der Waals surface area contributed by atoms with Crippen LogP contribution in [0.5, 0.6) is 5.75 Å². The van der Waals surface area contributed by atoms with E-state index in [1.807, 2.05) is 0 Å². The highest BCUT2D eigenvalue weighted by Crippen LogP contribution is 2.12. The predicted octanol–water partition coefficient (Wildman–Crippen LogP) is 0.131. The Balaban J connectivity index is 2.53. The minimum Gasteiger partial charge on any atom is -0.545 e. The van der Waals surface area contributed by atoms with Crippen molar-refractivity contribution in [3.63, 3.8) is 0 Å². The third-order valence-electron chi connectivity index (χ3n) is 3.21. The van der Waals surface area contributed by atoms with E-state index in [9.17, 15) is 9.90 Å². The van der Waals surface area contributed by atoms with Crippen molar-refractivity contribution in [3.05, 3.63) is 29.8 Å². The normalized spacial score (nSPS) is 11.3. The number of rotatable bonds is 7. The second-order valence-electron chi connectivity index (χ2n) is 5.30. The predicted molar refractivity (Wildman–Crippen MR) is 72.4 cm³/mol. The molecule has 0 amide bonds. The van der Waals surface area contributed by atoms with Crippen molar-refractivity contribution in [1.29, 1.82) is 0 Å². The summed E-state index contributed by atoms with van der Waals surface area (Å²) in [6.45, 7) is 10.2. The maximum Gasteiger partial charge on any atom is 0.137 e. The van der Waals surface area contributed by atoms with Gasteiger partial charge in [0.25, 0.3) is 0 Å².